The van der Waals surface area contributed by atoms with Crippen molar-refractivity contribution in [3.8, 4) is 28.7 Å². The van der Waals surface area contributed by atoms with Crippen LogP contribution in [0.2, 0.25) is 0 Å². The Morgan fingerprint density at radius 2 is 1.68 bits per heavy atom. The average molecular weight is 428 g/mol. The summed E-state index contributed by atoms with van der Waals surface area (Å²) in [4.78, 5) is 25.8. The maximum absolute atomic E-state index is 13.5. The fourth-order valence-corrected chi connectivity index (χ4v) is 4.68. The third-order valence-electron chi connectivity index (χ3n) is 6.30. The summed E-state index contributed by atoms with van der Waals surface area (Å²) < 4.78 is 26.9. The highest BCUT2D eigenvalue weighted by Crippen LogP contribution is 2.69. The smallest absolute Gasteiger partial charge is 0.311 e. The van der Waals surface area contributed by atoms with Crippen LogP contribution in [0.25, 0.3) is 0 Å². The Bertz CT molecular complexity index is 1020. The normalized spacial score (nSPS) is 23.2. The van der Waals surface area contributed by atoms with Crippen molar-refractivity contribution in [3.05, 3.63) is 41.5 Å². The Labute approximate surface area is 179 Å². The average Bonchev–Trinajstić information content (AvgIpc) is 3.26. The molecule has 1 aliphatic carbocycles. The summed E-state index contributed by atoms with van der Waals surface area (Å²) in [7, 11) is 4.48. The number of ketones is 1. The first-order valence-corrected chi connectivity index (χ1v) is 9.90. The van der Waals surface area contributed by atoms with Gasteiger partial charge in [-0.05, 0) is 42.3 Å². The van der Waals surface area contributed by atoms with Crippen LogP contribution >= 0.6 is 0 Å². The van der Waals surface area contributed by atoms with E-state index in [-0.39, 0.29) is 12.6 Å². The second-order valence-electron chi connectivity index (χ2n) is 7.55. The van der Waals surface area contributed by atoms with Gasteiger partial charge in [0, 0.05) is 17.4 Å². The van der Waals surface area contributed by atoms with Gasteiger partial charge >= 0.3 is 5.97 Å². The number of fused-ring (bicyclic) bond motifs is 1. The standard InChI is InChI=1S/C23H24O8/c1-5-23(22(25)26)18(13-9-16(27-2)21(29-4)17(10-13)28-3)19(23)20(24)12-6-7-14-15(8-12)31-11-30-14/h6-10,18-19H,5,11H2,1-4H3,(H,25,26). The first kappa shape index (κ1) is 20.8. The topological polar surface area (TPSA) is 101 Å². The molecule has 0 aromatic heterocycles. The molecule has 8 nitrogen and oxygen atoms in total. The van der Waals surface area contributed by atoms with Gasteiger partial charge in [0.2, 0.25) is 12.5 Å². The van der Waals surface area contributed by atoms with Crippen molar-refractivity contribution in [1.29, 1.82) is 0 Å². The molecule has 8 heteroatoms. The lowest BCUT2D eigenvalue weighted by atomic mass is 9.94. The molecule has 0 saturated heterocycles. The van der Waals surface area contributed by atoms with Gasteiger partial charge in [-0.2, -0.15) is 0 Å². The van der Waals surface area contributed by atoms with Crippen molar-refractivity contribution in [2.24, 2.45) is 11.3 Å². The lowest BCUT2D eigenvalue weighted by molar-refractivity contribution is -0.144. The summed E-state index contributed by atoms with van der Waals surface area (Å²) >= 11 is 0. The van der Waals surface area contributed by atoms with E-state index in [1.807, 2.05) is 0 Å². The quantitative estimate of drug-likeness (QED) is 0.638. The fraction of sp³-hybridized carbons (Fsp3) is 0.391. The van der Waals surface area contributed by atoms with E-state index in [0.29, 0.717) is 46.3 Å². The van der Waals surface area contributed by atoms with Gasteiger partial charge in [0.25, 0.3) is 0 Å². The van der Waals surface area contributed by atoms with Crippen molar-refractivity contribution in [2.45, 2.75) is 19.3 Å². The van der Waals surface area contributed by atoms with E-state index in [2.05, 4.69) is 0 Å². The molecular formula is C23H24O8. The first-order valence-electron chi connectivity index (χ1n) is 9.90. The molecule has 2 aromatic rings. The summed E-state index contributed by atoms with van der Waals surface area (Å²) in [6.07, 6.45) is 0.296. The molecule has 0 radical (unpaired) electrons. The minimum atomic E-state index is -1.22. The Balaban J connectivity index is 1.78. The van der Waals surface area contributed by atoms with Gasteiger partial charge < -0.3 is 28.8 Å². The maximum atomic E-state index is 13.5. The Morgan fingerprint density at radius 1 is 1.03 bits per heavy atom. The van der Waals surface area contributed by atoms with E-state index in [4.69, 9.17) is 23.7 Å². The highest BCUT2D eigenvalue weighted by Gasteiger charge is 2.72. The predicted molar refractivity (Wildman–Crippen MR) is 110 cm³/mol. The monoisotopic (exact) mass is 428 g/mol. The number of Topliss-reactive ketones (excluding diaryl/α,β-unsaturated/α-hetero) is 1. The number of rotatable bonds is 8. The SMILES string of the molecule is CCC1(C(=O)O)C(C(=O)c2ccc3c(c2)OCO3)C1c1cc(OC)c(OC)c(OC)c1. The second kappa shape index (κ2) is 7.68. The van der Waals surface area contributed by atoms with Crippen LogP contribution in [0.3, 0.4) is 0 Å². The molecule has 2 aromatic carbocycles. The van der Waals surface area contributed by atoms with Gasteiger partial charge in [-0.1, -0.05) is 6.92 Å². The molecule has 3 unspecified atom stereocenters. The van der Waals surface area contributed by atoms with Crippen LogP contribution in [0.5, 0.6) is 28.7 Å². The van der Waals surface area contributed by atoms with Crippen LogP contribution < -0.4 is 23.7 Å². The van der Waals surface area contributed by atoms with Crippen molar-refractivity contribution < 1.29 is 38.4 Å². The summed E-state index contributed by atoms with van der Waals surface area (Å²) in [6, 6.07) is 8.35. The highest BCUT2D eigenvalue weighted by atomic mass is 16.7. The number of methoxy groups -OCH3 is 3. The zero-order valence-corrected chi connectivity index (χ0v) is 17.8. The van der Waals surface area contributed by atoms with Crippen molar-refractivity contribution >= 4 is 11.8 Å². The lowest BCUT2D eigenvalue weighted by Crippen LogP contribution is -2.20. The van der Waals surface area contributed by atoms with Crippen molar-refractivity contribution in [3.63, 3.8) is 0 Å². The molecule has 164 valence electrons. The number of carbonyl (C=O) groups is 2. The third kappa shape index (κ3) is 3.05. The fourth-order valence-electron chi connectivity index (χ4n) is 4.68. The molecule has 4 rings (SSSR count). The lowest BCUT2D eigenvalue weighted by Gasteiger charge is -2.15. The molecule has 1 saturated carbocycles. The molecule has 0 spiro atoms. The molecule has 1 N–H and O–H groups in total. The molecule has 31 heavy (non-hydrogen) atoms. The number of carbonyl (C=O) groups excluding carboxylic acids is 1. The molecule has 1 heterocycles. The minimum absolute atomic E-state index is 0.0957. The Hall–Kier alpha value is -3.42. The van der Waals surface area contributed by atoms with E-state index < -0.39 is 23.2 Å². The zero-order valence-electron chi connectivity index (χ0n) is 17.8. The number of carboxylic acid groups (broad SMARTS) is 1. The Kier molecular flexibility index (Phi) is 5.16. The van der Waals surface area contributed by atoms with Gasteiger partial charge in [-0.3, -0.25) is 9.59 Å². The van der Waals surface area contributed by atoms with E-state index in [9.17, 15) is 14.7 Å². The van der Waals surface area contributed by atoms with Gasteiger partial charge in [-0.25, -0.2) is 0 Å². The minimum Gasteiger partial charge on any atom is -0.493 e. The molecule has 1 fully saturated rings. The second-order valence-corrected chi connectivity index (χ2v) is 7.55. The number of hydrogen-bond donors (Lipinski definition) is 1. The zero-order chi connectivity index (χ0) is 22.3. The van der Waals surface area contributed by atoms with Crippen LogP contribution in [0.15, 0.2) is 30.3 Å². The van der Waals surface area contributed by atoms with E-state index in [0.717, 1.165) is 0 Å². The number of carboxylic acids is 1. The first-order chi connectivity index (χ1) is 14.9. The number of aliphatic carboxylic acids is 1. The third-order valence-corrected chi connectivity index (χ3v) is 6.30. The van der Waals surface area contributed by atoms with Gasteiger partial charge in [0.15, 0.2) is 28.8 Å². The van der Waals surface area contributed by atoms with Crippen LogP contribution in [0.1, 0.15) is 35.2 Å². The summed E-state index contributed by atoms with van der Waals surface area (Å²) in [5, 5.41) is 10.1. The van der Waals surface area contributed by atoms with Crippen molar-refractivity contribution in [2.75, 3.05) is 28.1 Å². The maximum Gasteiger partial charge on any atom is 0.311 e. The number of benzene rings is 2. The van der Waals surface area contributed by atoms with E-state index in [1.54, 1.807) is 37.3 Å². The molecule has 0 amide bonds. The molecule has 3 atom stereocenters. The van der Waals surface area contributed by atoms with E-state index in [1.165, 1.54) is 21.3 Å². The van der Waals surface area contributed by atoms with Gasteiger partial charge in [-0.15, -0.1) is 0 Å². The molecule has 1 aliphatic heterocycles. The molecular weight excluding hydrogens is 404 g/mol. The highest BCUT2D eigenvalue weighted by molar-refractivity contribution is 6.06. The largest absolute Gasteiger partial charge is 0.493 e. The van der Waals surface area contributed by atoms with Crippen LogP contribution in [-0.2, 0) is 4.79 Å². The predicted octanol–water partition coefficient (Wildman–Crippen LogP) is 3.52. The van der Waals surface area contributed by atoms with E-state index >= 15 is 0 Å². The van der Waals surface area contributed by atoms with Crippen molar-refractivity contribution in [1.82, 2.24) is 0 Å². The Morgan fingerprint density at radius 3 is 2.23 bits per heavy atom. The van der Waals surface area contributed by atoms with Crippen LogP contribution in [0.4, 0.5) is 0 Å². The molecule has 2 aliphatic rings. The van der Waals surface area contributed by atoms with Gasteiger partial charge in [0.05, 0.1) is 26.7 Å². The number of ether oxygens (including phenoxy) is 5. The summed E-state index contributed by atoms with van der Waals surface area (Å²) in [5.74, 6) is -0.261. The van der Waals surface area contributed by atoms with Crippen LogP contribution in [0, 0.1) is 11.3 Å². The number of hydrogen-bond acceptors (Lipinski definition) is 7. The van der Waals surface area contributed by atoms with Crippen LogP contribution in [-0.4, -0.2) is 45.0 Å². The van der Waals surface area contributed by atoms with Gasteiger partial charge in [0.1, 0.15) is 0 Å². The summed E-state index contributed by atoms with van der Waals surface area (Å²) in [6.45, 7) is 1.88. The molecule has 0 bridgehead atoms. The summed E-state index contributed by atoms with van der Waals surface area (Å²) in [5.41, 5.74) is -0.181.